The van der Waals surface area contributed by atoms with Crippen LogP contribution in [-0.2, 0) is 9.53 Å². The zero-order chi connectivity index (χ0) is 17.5. The summed E-state index contributed by atoms with van der Waals surface area (Å²) >= 11 is 0. The number of guanidine groups is 1. The number of benzene rings is 1. The number of halogens is 1. The van der Waals surface area contributed by atoms with E-state index in [0.29, 0.717) is 25.3 Å². The van der Waals surface area contributed by atoms with Gasteiger partial charge in [0.25, 0.3) is 0 Å². The van der Waals surface area contributed by atoms with Gasteiger partial charge >= 0.3 is 5.97 Å². The van der Waals surface area contributed by atoms with Gasteiger partial charge in [-0.05, 0) is 12.1 Å². The van der Waals surface area contributed by atoms with Crippen LogP contribution in [0.15, 0.2) is 29.3 Å². The molecule has 2 rings (SSSR count). The fourth-order valence-electron chi connectivity index (χ4n) is 2.73. The quantitative estimate of drug-likeness (QED) is 0.511. The standard InChI is InChI=1S/C17H25FN4O2/c1-13(16(23)24-3)12-20-17(19-2)22-10-8-21(9-11-22)15-7-5-4-6-14(15)18/h4-7,13H,8-12H2,1-3H3,(H,19,20). The Bertz CT molecular complexity index is 586. The molecule has 0 saturated carbocycles. The summed E-state index contributed by atoms with van der Waals surface area (Å²) in [6.45, 7) is 5.18. The summed E-state index contributed by atoms with van der Waals surface area (Å²) in [6, 6.07) is 6.83. The third-order valence-electron chi connectivity index (χ3n) is 4.15. The SMILES string of the molecule is CN=C(NCC(C)C(=O)OC)N1CCN(c2ccccc2F)CC1. The highest BCUT2D eigenvalue weighted by molar-refractivity contribution is 5.81. The summed E-state index contributed by atoms with van der Waals surface area (Å²) in [5.74, 6) is 0.0630. The Kier molecular flexibility index (Phi) is 6.40. The first-order valence-corrected chi connectivity index (χ1v) is 8.09. The van der Waals surface area contributed by atoms with Gasteiger partial charge in [-0.2, -0.15) is 0 Å². The lowest BCUT2D eigenvalue weighted by molar-refractivity contribution is -0.144. The van der Waals surface area contributed by atoms with Crippen LogP contribution in [0.2, 0.25) is 0 Å². The monoisotopic (exact) mass is 336 g/mol. The van der Waals surface area contributed by atoms with E-state index in [0.717, 1.165) is 19.0 Å². The van der Waals surface area contributed by atoms with Crippen molar-refractivity contribution < 1.29 is 13.9 Å². The molecule has 24 heavy (non-hydrogen) atoms. The predicted octanol–water partition coefficient (Wildman–Crippen LogP) is 1.33. The zero-order valence-electron chi connectivity index (χ0n) is 14.5. The van der Waals surface area contributed by atoms with Gasteiger partial charge in [-0.3, -0.25) is 9.79 Å². The van der Waals surface area contributed by atoms with Crippen molar-refractivity contribution in [2.24, 2.45) is 10.9 Å². The highest BCUT2D eigenvalue weighted by Gasteiger charge is 2.22. The minimum Gasteiger partial charge on any atom is -0.469 e. The molecule has 1 saturated heterocycles. The second-order valence-corrected chi connectivity index (χ2v) is 5.78. The van der Waals surface area contributed by atoms with Gasteiger partial charge in [0.2, 0.25) is 0 Å². The predicted molar refractivity (Wildman–Crippen MR) is 92.7 cm³/mol. The third-order valence-corrected chi connectivity index (χ3v) is 4.15. The molecule has 0 spiro atoms. The molecule has 1 aliphatic heterocycles. The number of nitrogens with zero attached hydrogens (tertiary/aromatic N) is 3. The third kappa shape index (κ3) is 4.37. The molecule has 6 nitrogen and oxygen atoms in total. The van der Waals surface area contributed by atoms with Crippen LogP contribution in [0.25, 0.3) is 0 Å². The Morgan fingerprint density at radius 2 is 2.00 bits per heavy atom. The number of anilines is 1. The highest BCUT2D eigenvalue weighted by atomic mass is 19.1. The molecule has 0 aromatic heterocycles. The fraction of sp³-hybridized carbons (Fsp3) is 0.529. The summed E-state index contributed by atoms with van der Waals surface area (Å²) in [7, 11) is 3.10. The summed E-state index contributed by atoms with van der Waals surface area (Å²) in [5, 5.41) is 3.20. The largest absolute Gasteiger partial charge is 0.469 e. The summed E-state index contributed by atoms with van der Waals surface area (Å²) in [6.07, 6.45) is 0. The number of esters is 1. The summed E-state index contributed by atoms with van der Waals surface area (Å²) in [4.78, 5) is 19.9. The molecule has 1 unspecified atom stereocenters. The minimum absolute atomic E-state index is 0.194. The summed E-state index contributed by atoms with van der Waals surface area (Å²) in [5.41, 5.74) is 0.638. The van der Waals surface area contributed by atoms with E-state index in [2.05, 4.69) is 15.2 Å². The number of piperazine rings is 1. The molecule has 1 aromatic carbocycles. The Morgan fingerprint density at radius 3 is 2.58 bits per heavy atom. The van der Waals surface area contributed by atoms with E-state index < -0.39 is 0 Å². The van der Waals surface area contributed by atoms with Gasteiger partial charge in [0, 0.05) is 39.8 Å². The highest BCUT2D eigenvalue weighted by Crippen LogP contribution is 2.20. The molecular weight excluding hydrogens is 311 g/mol. The number of aliphatic imine (C=N–C) groups is 1. The number of hydrogen-bond donors (Lipinski definition) is 1. The molecular formula is C17H25FN4O2. The first-order chi connectivity index (χ1) is 11.6. The van der Waals surface area contributed by atoms with Crippen molar-refractivity contribution in [2.45, 2.75) is 6.92 Å². The molecule has 1 heterocycles. The van der Waals surface area contributed by atoms with Gasteiger partial charge in [-0.25, -0.2) is 4.39 Å². The normalized spacial score (nSPS) is 16.8. The van der Waals surface area contributed by atoms with E-state index in [1.165, 1.54) is 13.2 Å². The molecule has 1 atom stereocenters. The van der Waals surface area contributed by atoms with Crippen LogP contribution in [0, 0.1) is 11.7 Å². The van der Waals surface area contributed by atoms with Gasteiger partial charge in [0.05, 0.1) is 18.7 Å². The topological polar surface area (TPSA) is 57.2 Å². The first-order valence-electron chi connectivity index (χ1n) is 8.09. The van der Waals surface area contributed by atoms with Crippen LogP contribution in [0.3, 0.4) is 0 Å². The maximum atomic E-state index is 13.9. The van der Waals surface area contributed by atoms with Crippen molar-refractivity contribution in [3.05, 3.63) is 30.1 Å². The molecule has 132 valence electrons. The number of carbonyl (C=O) groups excluding carboxylic acids is 1. The second kappa shape index (κ2) is 8.52. The molecule has 0 aliphatic carbocycles. The van der Waals surface area contributed by atoms with Crippen molar-refractivity contribution in [1.29, 1.82) is 0 Å². The van der Waals surface area contributed by atoms with Gasteiger partial charge < -0.3 is 19.9 Å². The molecule has 0 bridgehead atoms. The fourth-order valence-corrected chi connectivity index (χ4v) is 2.73. The lowest BCUT2D eigenvalue weighted by atomic mass is 10.2. The van der Waals surface area contributed by atoms with Crippen molar-refractivity contribution >= 4 is 17.6 Å². The van der Waals surface area contributed by atoms with Crippen LogP contribution in [0.5, 0.6) is 0 Å². The number of carbonyl (C=O) groups is 1. The second-order valence-electron chi connectivity index (χ2n) is 5.78. The average molecular weight is 336 g/mol. The van der Waals surface area contributed by atoms with Gasteiger partial charge in [-0.15, -0.1) is 0 Å². The van der Waals surface area contributed by atoms with Crippen molar-refractivity contribution in [3.63, 3.8) is 0 Å². The van der Waals surface area contributed by atoms with E-state index in [4.69, 9.17) is 4.74 Å². The number of rotatable bonds is 4. The van der Waals surface area contributed by atoms with Gasteiger partial charge in [-0.1, -0.05) is 19.1 Å². The molecule has 7 heteroatoms. The number of hydrogen-bond acceptors (Lipinski definition) is 4. The maximum Gasteiger partial charge on any atom is 0.310 e. The van der Waals surface area contributed by atoms with Crippen LogP contribution in [-0.4, -0.2) is 63.7 Å². The smallest absolute Gasteiger partial charge is 0.310 e. The van der Waals surface area contributed by atoms with E-state index >= 15 is 0 Å². The average Bonchev–Trinajstić information content (AvgIpc) is 2.62. The molecule has 0 amide bonds. The number of ether oxygens (including phenoxy) is 1. The van der Waals surface area contributed by atoms with Crippen LogP contribution >= 0.6 is 0 Å². The molecule has 0 radical (unpaired) electrons. The van der Waals surface area contributed by atoms with Crippen LogP contribution < -0.4 is 10.2 Å². The van der Waals surface area contributed by atoms with Crippen molar-refractivity contribution in [3.8, 4) is 0 Å². The molecule has 1 aliphatic rings. The Balaban J connectivity index is 1.88. The van der Waals surface area contributed by atoms with Gasteiger partial charge in [0.1, 0.15) is 5.82 Å². The molecule has 1 N–H and O–H groups in total. The maximum absolute atomic E-state index is 13.9. The lowest BCUT2D eigenvalue weighted by Gasteiger charge is -2.37. The Morgan fingerprint density at radius 1 is 1.33 bits per heavy atom. The number of nitrogens with one attached hydrogen (secondary N) is 1. The van der Waals surface area contributed by atoms with Crippen LogP contribution in [0.4, 0.5) is 10.1 Å². The van der Waals surface area contributed by atoms with Crippen molar-refractivity contribution in [1.82, 2.24) is 10.2 Å². The summed E-state index contributed by atoms with van der Waals surface area (Å²) < 4.78 is 18.6. The van der Waals surface area contributed by atoms with E-state index in [9.17, 15) is 9.18 Å². The van der Waals surface area contributed by atoms with Crippen molar-refractivity contribution in [2.75, 3.05) is 51.8 Å². The number of methoxy groups -OCH3 is 1. The Hall–Kier alpha value is -2.31. The number of para-hydroxylation sites is 1. The van der Waals surface area contributed by atoms with E-state index in [1.54, 1.807) is 19.2 Å². The van der Waals surface area contributed by atoms with E-state index in [-0.39, 0.29) is 17.7 Å². The van der Waals surface area contributed by atoms with E-state index in [1.807, 2.05) is 17.9 Å². The van der Waals surface area contributed by atoms with Crippen LogP contribution in [0.1, 0.15) is 6.92 Å². The van der Waals surface area contributed by atoms with Gasteiger partial charge in [0.15, 0.2) is 5.96 Å². The minimum atomic E-state index is -0.248. The molecule has 1 fully saturated rings. The molecule has 1 aromatic rings. The lowest BCUT2D eigenvalue weighted by Crippen LogP contribution is -2.53. The first kappa shape index (κ1) is 18.0. The zero-order valence-corrected chi connectivity index (χ0v) is 14.5. The Labute approximate surface area is 142 Å².